The predicted octanol–water partition coefficient (Wildman–Crippen LogP) is 2.51. The summed E-state index contributed by atoms with van der Waals surface area (Å²) in [4.78, 5) is 11.2. The van der Waals surface area contributed by atoms with Crippen molar-refractivity contribution < 1.29 is 22.7 Å². The Morgan fingerprint density at radius 1 is 1.29 bits per heavy atom. The molecule has 0 saturated heterocycles. The maximum atomic E-state index is 11.7. The highest BCUT2D eigenvalue weighted by Gasteiger charge is 2.27. The Morgan fingerprint density at radius 3 is 2.41 bits per heavy atom. The Morgan fingerprint density at radius 2 is 1.88 bits per heavy atom. The molecule has 1 aromatic rings. The Bertz CT molecular complexity index is 373. The number of carbonyl (C=O) groups excluding carboxylic acids is 1. The van der Waals surface area contributed by atoms with E-state index in [0.717, 1.165) is 5.56 Å². The topological polar surface area (TPSA) is 38.3 Å². The van der Waals surface area contributed by atoms with E-state index in [-0.39, 0.29) is 0 Å². The van der Waals surface area contributed by atoms with Gasteiger partial charge in [0.25, 0.3) is 0 Å². The third-order valence-corrected chi connectivity index (χ3v) is 1.83. The molecule has 0 heterocycles. The molecule has 0 bridgehead atoms. The monoisotopic (exact) mass is 247 g/mol. The molecule has 0 aliphatic heterocycles. The number of nitrogens with one attached hydrogen (secondary N) is 1. The zero-order valence-corrected chi connectivity index (χ0v) is 9.17. The van der Waals surface area contributed by atoms with Gasteiger partial charge >= 0.3 is 6.18 Å². The second-order valence-electron chi connectivity index (χ2n) is 3.52. The number of halogens is 3. The van der Waals surface area contributed by atoms with Crippen LogP contribution in [0.2, 0.25) is 0 Å². The van der Waals surface area contributed by atoms with Crippen molar-refractivity contribution in [2.24, 2.45) is 0 Å². The van der Waals surface area contributed by atoms with Crippen LogP contribution in [0.3, 0.4) is 0 Å². The van der Waals surface area contributed by atoms with Crippen molar-refractivity contribution in [2.45, 2.75) is 13.1 Å². The van der Waals surface area contributed by atoms with Crippen LogP contribution in [-0.2, 0) is 9.53 Å². The SMILES string of the molecule is Cc1ccc(NC(=O)COCC(F)(F)F)cc1. The normalized spacial score (nSPS) is 11.3. The minimum atomic E-state index is -4.41. The molecule has 0 saturated carbocycles. The van der Waals surface area contributed by atoms with Gasteiger partial charge in [0.1, 0.15) is 13.2 Å². The van der Waals surface area contributed by atoms with E-state index in [0.29, 0.717) is 5.69 Å². The van der Waals surface area contributed by atoms with Crippen LogP contribution in [0.15, 0.2) is 24.3 Å². The van der Waals surface area contributed by atoms with Crippen LogP contribution < -0.4 is 5.32 Å². The summed E-state index contributed by atoms with van der Waals surface area (Å²) >= 11 is 0. The average molecular weight is 247 g/mol. The fraction of sp³-hybridized carbons (Fsp3) is 0.364. The Hall–Kier alpha value is -1.56. The van der Waals surface area contributed by atoms with E-state index in [4.69, 9.17) is 0 Å². The van der Waals surface area contributed by atoms with Crippen LogP contribution in [-0.4, -0.2) is 25.3 Å². The van der Waals surface area contributed by atoms with Crippen LogP contribution in [0.4, 0.5) is 18.9 Å². The first kappa shape index (κ1) is 13.5. The van der Waals surface area contributed by atoms with Gasteiger partial charge in [-0.25, -0.2) is 0 Å². The molecule has 0 spiro atoms. The van der Waals surface area contributed by atoms with E-state index < -0.39 is 25.3 Å². The van der Waals surface area contributed by atoms with E-state index in [9.17, 15) is 18.0 Å². The third kappa shape index (κ3) is 5.91. The molecule has 6 heteroatoms. The molecule has 0 aliphatic carbocycles. The number of benzene rings is 1. The summed E-state index contributed by atoms with van der Waals surface area (Å²) in [7, 11) is 0. The first-order valence-corrected chi connectivity index (χ1v) is 4.88. The van der Waals surface area contributed by atoms with Gasteiger partial charge in [0.05, 0.1) is 0 Å². The van der Waals surface area contributed by atoms with Gasteiger partial charge in [-0.05, 0) is 19.1 Å². The van der Waals surface area contributed by atoms with Gasteiger partial charge in [-0.1, -0.05) is 17.7 Å². The zero-order chi connectivity index (χ0) is 12.9. The first-order chi connectivity index (χ1) is 7.87. The standard InChI is InChI=1S/C11H12F3NO2/c1-8-2-4-9(5-3-8)15-10(16)6-17-7-11(12,13)14/h2-5H,6-7H2,1H3,(H,15,16). The molecule has 1 N–H and O–H groups in total. The summed E-state index contributed by atoms with van der Waals surface area (Å²) < 4.78 is 39.4. The summed E-state index contributed by atoms with van der Waals surface area (Å²) in [5.74, 6) is -0.613. The highest BCUT2D eigenvalue weighted by Crippen LogP contribution is 2.14. The molecule has 1 amide bonds. The van der Waals surface area contributed by atoms with Gasteiger partial charge in [-0.2, -0.15) is 13.2 Å². The highest BCUT2D eigenvalue weighted by atomic mass is 19.4. The summed E-state index contributed by atoms with van der Waals surface area (Å²) in [5, 5.41) is 2.42. The molecule has 17 heavy (non-hydrogen) atoms. The Balaban J connectivity index is 2.32. The van der Waals surface area contributed by atoms with E-state index in [1.54, 1.807) is 24.3 Å². The predicted molar refractivity (Wildman–Crippen MR) is 56.7 cm³/mol. The molecule has 0 fully saturated rings. The van der Waals surface area contributed by atoms with Gasteiger partial charge in [-0.15, -0.1) is 0 Å². The van der Waals surface area contributed by atoms with Gasteiger partial charge in [-0.3, -0.25) is 4.79 Å². The lowest BCUT2D eigenvalue weighted by atomic mass is 10.2. The summed E-state index contributed by atoms with van der Waals surface area (Å²) in [6.45, 7) is -0.153. The quantitative estimate of drug-likeness (QED) is 0.887. The van der Waals surface area contributed by atoms with Crippen molar-refractivity contribution >= 4 is 11.6 Å². The van der Waals surface area contributed by atoms with Crippen LogP contribution >= 0.6 is 0 Å². The van der Waals surface area contributed by atoms with E-state index in [1.807, 2.05) is 6.92 Å². The molecule has 94 valence electrons. The number of rotatable bonds is 4. The molecule has 1 aromatic carbocycles. The maximum absolute atomic E-state index is 11.7. The number of hydrogen-bond acceptors (Lipinski definition) is 2. The minimum Gasteiger partial charge on any atom is -0.362 e. The zero-order valence-electron chi connectivity index (χ0n) is 9.17. The van der Waals surface area contributed by atoms with Crippen molar-refractivity contribution in [3.8, 4) is 0 Å². The van der Waals surface area contributed by atoms with Crippen LogP contribution in [0.5, 0.6) is 0 Å². The van der Waals surface area contributed by atoms with Crippen LogP contribution in [0.1, 0.15) is 5.56 Å². The fourth-order valence-electron chi connectivity index (χ4n) is 1.09. The number of amides is 1. The molecular weight excluding hydrogens is 235 g/mol. The lowest BCUT2D eigenvalue weighted by Crippen LogP contribution is -2.23. The van der Waals surface area contributed by atoms with Crippen molar-refractivity contribution in [3.05, 3.63) is 29.8 Å². The number of hydrogen-bond donors (Lipinski definition) is 1. The fourth-order valence-corrected chi connectivity index (χ4v) is 1.09. The number of carbonyl (C=O) groups is 1. The van der Waals surface area contributed by atoms with Gasteiger partial charge in [0.15, 0.2) is 0 Å². The molecular formula is C11H12F3NO2. The van der Waals surface area contributed by atoms with Crippen molar-refractivity contribution in [3.63, 3.8) is 0 Å². The van der Waals surface area contributed by atoms with Crippen LogP contribution in [0.25, 0.3) is 0 Å². The molecule has 0 aliphatic rings. The van der Waals surface area contributed by atoms with Crippen molar-refractivity contribution in [1.29, 1.82) is 0 Å². The smallest absolute Gasteiger partial charge is 0.362 e. The third-order valence-electron chi connectivity index (χ3n) is 1.83. The number of anilines is 1. The largest absolute Gasteiger partial charge is 0.411 e. The average Bonchev–Trinajstić information content (AvgIpc) is 2.19. The maximum Gasteiger partial charge on any atom is 0.411 e. The Kier molecular flexibility index (Phi) is 4.51. The molecule has 3 nitrogen and oxygen atoms in total. The summed E-state index contributed by atoms with van der Waals surface area (Å²) in [6, 6.07) is 6.90. The molecule has 0 atom stereocenters. The van der Waals surface area contributed by atoms with E-state index in [1.165, 1.54) is 0 Å². The van der Waals surface area contributed by atoms with E-state index in [2.05, 4.69) is 10.1 Å². The molecule has 0 aromatic heterocycles. The summed E-state index contributed by atoms with van der Waals surface area (Å²) in [6.07, 6.45) is -4.41. The van der Waals surface area contributed by atoms with Crippen LogP contribution in [0, 0.1) is 6.92 Å². The molecule has 0 unspecified atom stereocenters. The van der Waals surface area contributed by atoms with Gasteiger partial charge in [0, 0.05) is 5.69 Å². The van der Waals surface area contributed by atoms with Gasteiger partial charge < -0.3 is 10.1 Å². The molecule has 0 radical (unpaired) electrons. The second kappa shape index (κ2) is 5.67. The second-order valence-corrected chi connectivity index (χ2v) is 3.52. The molecule has 1 rings (SSSR count). The minimum absolute atomic E-state index is 0.524. The number of ether oxygens (including phenoxy) is 1. The Labute approximate surface area is 96.6 Å². The van der Waals surface area contributed by atoms with Crippen molar-refractivity contribution in [2.75, 3.05) is 18.5 Å². The van der Waals surface area contributed by atoms with Gasteiger partial charge in [0.2, 0.25) is 5.91 Å². The number of alkyl halides is 3. The van der Waals surface area contributed by atoms with Crippen molar-refractivity contribution in [1.82, 2.24) is 0 Å². The summed E-state index contributed by atoms with van der Waals surface area (Å²) in [5.41, 5.74) is 1.55. The first-order valence-electron chi connectivity index (χ1n) is 4.88. The highest BCUT2D eigenvalue weighted by molar-refractivity contribution is 5.91. The lowest BCUT2D eigenvalue weighted by Gasteiger charge is -2.08. The lowest BCUT2D eigenvalue weighted by molar-refractivity contribution is -0.174. The van der Waals surface area contributed by atoms with E-state index >= 15 is 0 Å². The number of aryl methyl sites for hydroxylation is 1.